The van der Waals surface area contributed by atoms with E-state index in [2.05, 4.69) is 9.97 Å². The summed E-state index contributed by atoms with van der Waals surface area (Å²) in [6.45, 7) is 6.17. The van der Waals surface area contributed by atoms with E-state index in [1.165, 1.54) is 6.07 Å². The van der Waals surface area contributed by atoms with Crippen molar-refractivity contribution in [1.82, 2.24) is 14.5 Å². The third-order valence-corrected chi connectivity index (χ3v) is 3.62. The second kappa shape index (κ2) is 6.26. The number of nitrogens with zero attached hydrogens (tertiary/aromatic N) is 3. The maximum absolute atomic E-state index is 12.1. The van der Waals surface area contributed by atoms with Gasteiger partial charge in [-0.1, -0.05) is 18.5 Å². The molecule has 0 aliphatic rings. The van der Waals surface area contributed by atoms with Crippen molar-refractivity contribution < 1.29 is 4.74 Å². The van der Waals surface area contributed by atoms with Crippen molar-refractivity contribution in [2.45, 2.75) is 33.7 Å². The summed E-state index contributed by atoms with van der Waals surface area (Å²) in [5, 5.41) is 0.222. The van der Waals surface area contributed by atoms with Gasteiger partial charge in [-0.3, -0.25) is 14.3 Å². The van der Waals surface area contributed by atoms with Crippen molar-refractivity contribution in [1.29, 1.82) is 0 Å². The summed E-state index contributed by atoms with van der Waals surface area (Å²) >= 11 is 5.84. The Labute approximate surface area is 128 Å². The summed E-state index contributed by atoms with van der Waals surface area (Å²) in [6, 6.07) is 1.32. The van der Waals surface area contributed by atoms with Crippen LogP contribution in [0, 0.1) is 13.8 Å². The van der Waals surface area contributed by atoms with E-state index in [1.54, 1.807) is 17.9 Å². The van der Waals surface area contributed by atoms with Gasteiger partial charge in [-0.05, 0) is 13.8 Å². The van der Waals surface area contributed by atoms with Crippen molar-refractivity contribution in [3.63, 3.8) is 0 Å². The van der Waals surface area contributed by atoms with Gasteiger partial charge in [0.1, 0.15) is 16.7 Å². The summed E-state index contributed by atoms with van der Waals surface area (Å²) < 4.78 is 6.99. The van der Waals surface area contributed by atoms with Gasteiger partial charge in [-0.15, -0.1) is 0 Å². The molecular formula is C15H18ClN3O2. The lowest BCUT2D eigenvalue weighted by Gasteiger charge is -2.15. The fourth-order valence-corrected chi connectivity index (χ4v) is 2.53. The molecule has 2 aromatic heterocycles. The fraction of sp³-hybridized carbons (Fsp3) is 0.400. The summed E-state index contributed by atoms with van der Waals surface area (Å²) in [7, 11) is 1.63. The van der Waals surface area contributed by atoms with E-state index in [9.17, 15) is 4.79 Å². The monoisotopic (exact) mass is 307 g/mol. The molecule has 0 aliphatic carbocycles. The van der Waals surface area contributed by atoms with Crippen molar-refractivity contribution in [2.75, 3.05) is 7.11 Å². The molecule has 112 valence electrons. The molecule has 0 saturated carbocycles. The Bertz CT molecular complexity index is 726. The van der Waals surface area contributed by atoms with E-state index in [1.807, 2.05) is 20.8 Å². The van der Waals surface area contributed by atoms with Crippen molar-refractivity contribution in [3.05, 3.63) is 50.4 Å². The van der Waals surface area contributed by atoms with Crippen LogP contribution in [0.1, 0.15) is 29.6 Å². The number of aryl methyl sites for hydroxylation is 2. The van der Waals surface area contributed by atoms with Gasteiger partial charge in [-0.2, -0.15) is 0 Å². The second-order valence-corrected chi connectivity index (χ2v) is 5.21. The Morgan fingerprint density at radius 2 is 2.10 bits per heavy atom. The van der Waals surface area contributed by atoms with Crippen molar-refractivity contribution >= 4 is 11.6 Å². The van der Waals surface area contributed by atoms with E-state index in [0.29, 0.717) is 18.8 Å². The molecular weight excluding hydrogens is 290 g/mol. The smallest absolute Gasteiger partial charge is 0.255 e. The Balaban J connectivity index is 2.51. The van der Waals surface area contributed by atoms with Crippen LogP contribution < -0.4 is 10.3 Å². The maximum Gasteiger partial charge on any atom is 0.255 e. The first-order chi connectivity index (χ1) is 9.97. The lowest BCUT2D eigenvalue weighted by molar-refractivity contribution is 0.406. The molecule has 2 aromatic rings. The van der Waals surface area contributed by atoms with Crippen LogP contribution >= 0.6 is 11.6 Å². The molecule has 0 fully saturated rings. The maximum atomic E-state index is 12.1. The molecule has 0 saturated heterocycles. The van der Waals surface area contributed by atoms with Gasteiger partial charge in [0, 0.05) is 29.8 Å². The van der Waals surface area contributed by atoms with Crippen LogP contribution in [0.3, 0.4) is 0 Å². The lowest BCUT2D eigenvalue weighted by atomic mass is 10.1. The standard InChI is InChI=1S/C15H18ClN3O2/c1-5-13-18-12(16)6-14(20)19(13)8-11-10(3)15(21-4)9(2)7-17-11/h6-7H,5,8H2,1-4H3. The Morgan fingerprint density at radius 1 is 1.38 bits per heavy atom. The minimum atomic E-state index is -0.174. The highest BCUT2D eigenvalue weighted by atomic mass is 35.5. The normalized spacial score (nSPS) is 10.7. The number of halogens is 1. The molecule has 0 radical (unpaired) electrons. The van der Waals surface area contributed by atoms with Gasteiger partial charge in [0.25, 0.3) is 5.56 Å². The number of rotatable bonds is 4. The average molecular weight is 308 g/mol. The number of methoxy groups -OCH3 is 1. The highest BCUT2D eigenvalue weighted by Crippen LogP contribution is 2.24. The van der Waals surface area contributed by atoms with Crippen molar-refractivity contribution in [3.8, 4) is 5.75 Å². The highest BCUT2D eigenvalue weighted by molar-refractivity contribution is 6.29. The molecule has 2 rings (SSSR count). The number of hydrogen-bond donors (Lipinski definition) is 0. The lowest BCUT2D eigenvalue weighted by Crippen LogP contribution is -2.25. The molecule has 21 heavy (non-hydrogen) atoms. The molecule has 0 aromatic carbocycles. The summed E-state index contributed by atoms with van der Waals surface area (Å²) in [5.74, 6) is 1.45. The van der Waals surface area contributed by atoms with Gasteiger partial charge in [0.05, 0.1) is 19.3 Å². The van der Waals surface area contributed by atoms with Crippen LogP contribution in [0.2, 0.25) is 5.15 Å². The van der Waals surface area contributed by atoms with Gasteiger partial charge in [0.15, 0.2) is 0 Å². The number of aromatic nitrogens is 3. The zero-order valence-corrected chi connectivity index (χ0v) is 13.4. The molecule has 6 heteroatoms. The SMILES string of the molecule is CCc1nc(Cl)cc(=O)n1Cc1ncc(C)c(OC)c1C. The van der Waals surface area contributed by atoms with Crippen LogP contribution in [0.25, 0.3) is 0 Å². The third kappa shape index (κ3) is 3.08. The van der Waals surface area contributed by atoms with Gasteiger partial charge in [-0.25, -0.2) is 4.98 Å². The van der Waals surface area contributed by atoms with Crippen molar-refractivity contribution in [2.24, 2.45) is 0 Å². The predicted octanol–water partition coefficient (Wildman–Crippen LogP) is 2.53. The molecule has 0 spiro atoms. The number of pyridine rings is 1. The molecule has 0 amide bonds. The Morgan fingerprint density at radius 3 is 2.71 bits per heavy atom. The van der Waals surface area contributed by atoms with E-state index >= 15 is 0 Å². The minimum absolute atomic E-state index is 0.174. The van der Waals surface area contributed by atoms with Crippen LogP contribution in [0.15, 0.2) is 17.1 Å². The number of ether oxygens (including phenoxy) is 1. The molecule has 0 unspecified atom stereocenters. The average Bonchev–Trinajstić information content (AvgIpc) is 2.44. The zero-order valence-electron chi connectivity index (χ0n) is 12.6. The summed E-state index contributed by atoms with van der Waals surface area (Å²) in [5.41, 5.74) is 2.52. The van der Waals surface area contributed by atoms with Crippen LogP contribution in [-0.4, -0.2) is 21.6 Å². The van der Waals surface area contributed by atoms with Crippen LogP contribution in [-0.2, 0) is 13.0 Å². The fourth-order valence-electron chi connectivity index (χ4n) is 2.34. The quantitative estimate of drug-likeness (QED) is 0.815. The Hall–Kier alpha value is -1.88. The topological polar surface area (TPSA) is 57.0 Å². The zero-order chi connectivity index (χ0) is 15.6. The van der Waals surface area contributed by atoms with E-state index in [0.717, 1.165) is 22.6 Å². The summed E-state index contributed by atoms with van der Waals surface area (Å²) in [4.78, 5) is 20.8. The van der Waals surface area contributed by atoms with E-state index in [4.69, 9.17) is 16.3 Å². The summed E-state index contributed by atoms with van der Waals surface area (Å²) in [6.07, 6.45) is 2.37. The molecule has 5 nitrogen and oxygen atoms in total. The van der Waals surface area contributed by atoms with E-state index < -0.39 is 0 Å². The second-order valence-electron chi connectivity index (χ2n) is 4.82. The molecule has 0 aliphatic heterocycles. The van der Waals surface area contributed by atoms with E-state index in [-0.39, 0.29) is 10.7 Å². The Kier molecular flexibility index (Phi) is 4.63. The first kappa shape index (κ1) is 15.5. The van der Waals surface area contributed by atoms with Crippen LogP contribution in [0.5, 0.6) is 5.75 Å². The largest absolute Gasteiger partial charge is 0.496 e. The molecule has 0 bridgehead atoms. The first-order valence-electron chi connectivity index (χ1n) is 6.73. The van der Waals surface area contributed by atoms with Gasteiger partial charge in [0.2, 0.25) is 0 Å². The molecule has 0 N–H and O–H groups in total. The number of hydrogen-bond acceptors (Lipinski definition) is 4. The highest BCUT2D eigenvalue weighted by Gasteiger charge is 2.13. The molecule has 2 heterocycles. The molecule has 0 atom stereocenters. The van der Waals surface area contributed by atoms with Gasteiger partial charge < -0.3 is 4.74 Å². The van der Waals surface area contributed by atoms with Gasteiger partial charge >= 0.3 is 0 Å². The first-order valence-corrected chi connectivity index (χ1v) is 7.11. The van der Waals surface area contributed by atoms with Crippen LogP contribution in [0.4, 0.5) is 0 Å². The minimum Gasteiger partial charge on any atom is -0.496 e. The predicted molar refractivity (Wildman–Crippen MR) is 82.3 cm³/mol. The third-order valence-electron chi connectivity index (χ3n) is 3.43.